The molecule has 0 aliphatic carbocycles. The van der Waals surface area contributed by atoms with Gasteiger partial charge in [-0.15, -0.1) is 24.0 Å². The van der Waals surface area contributed by atoms with E-state index in [1.165, 1.54) is 0 Å². The third-order valence-electron chi connectivity index (χ3n) is 3.04. The van der Waals surface area contributed by atoms with E-state index < -0.39 is 5.91 Å². The minimum Gasteiger partial charge on any atom is -0.376 e. The molecule has 1 aromatic rings. The number of nitrogens with zero attached hydrogens (tertiary/aromatic N) is 2. The van der Waals surface area contributed by atoms with Gasteiger partial charge in [-0.25, -0.2) is 4.99 Å². The summed E-state index contributed by atoms with van der Waals surface area (Å²) < 4.78 is 5.47. The van der Waals surface area contributed by atoms with Crippen molar-refractivity contribution in [3.8, 4) is 0 Å². The van der Waals surface area contributed by atoms with Crippen molar-refractivity contribution >= 4 is 35.8 Å². The SMILES string of the molecule is I.NC(=O)c1ccc(CN=C(N)NCC2CCCO2)cn1. The molecule has 2 rings (SSSR count). The molecule has 1 atom stereocenters. The zero-order valence-electron chi connectivity index (χ0n) is 11.6. The van der Waals surface area contributed by atoms with Crippen LogP contribution in [-0.4, -0.2) is 36.1 Å². The maximum absolute atomic E-state index is 10.9. The van der Waals surface area contributed by atoms with Crippen molar-refractivity contribution in [2.75, 3.05) is 13.2 Å². The summed E-state index contributed by atoms with van der Waals surface area (Å²) in [6.07, 6.45) is 3.94. The second kappa shape index (κ2) is 8.78. The number of rotatable bonds is 5. The molecule has 1 amide bonds. The number of ether oxygens (including phenoxy) is 1. The van der Waals surface area contributed by atoms with Crippen molar-refractivity contribution in [2.24, 2.45) is 16.5 Å². The number of hydrogen-bond donors (Lipinski definition) is 3. The van der Waals surface area contributed by atoms with Gasteiger partial charge in [0.2, 0.25) is 0 Å². The number of primary amides is 1. The average molecular weight is 405 g/mol. The largest absolute Gasteiger partial charge is 0.376 e. The van der Waals surface area contributed by atoms with E-state index in [4.69, 9.17) is 16.2 Å². The minimum absolute atomic E-state index is 0. The molecule has 1 fully saturated rings. The summed E-state index contributed by atoms with van der Waals surface area (Å²) in [5.74, 6) is -0.169. The second-order valence-electron chi connectivity index (χ2n) is 4.63. The van der Waals surface area contributed by atoms with Crippen molar-refractivity contribution in [1.29, 1.82) is 0 Å². The second-order valence-corrected chi connectivity index (χ2v) is 4.63. The van der Waals surface area contributed by atoms with E-state index >= 15 is 0 Å². The Labute approximate surface area is 140 Å². The zero-order valence-corrected chi connectivity index (χ0v) is 13.9. The van der Waals surface area contributed by atoms with Crippen molar-refractivity contribution < 1.29 is 9.53 Å². The number of guanidine groups is 1. The van der Waals surface area contributed by atoms with Gasteiger partial charge in [0.25, 0.3) is 5.91 Å². The van der Waals surface area contributed by atoms with Gasteiger partial charge in [-0.3, -0.25) is 9.78 Å². The van der Waals surface area contributed by atoms with Crippen LogP contribution in [0, 0.1) is 0 Å². The number of aliphatic imine (C=N–C) groups is 1. The first-order chi connectivity index (χ1) is 9.65. The summed E-state index contributed by atoms with van der Waals surface area (Å²) in [6.45, 7) is 1.89. The van der Waals surface area contributed by atoms with Crippen LogP contribution >= 0.6 is 24.0 Å². The number of hydrogen-bond acceptors (Lipinski definition) is 4. The highest BCUT2D eigenvalue weighted by Crippen LogP contribution is 2.10. The highest BCUT2D eigenvalue weighted by molar-refractivity contribution is 14.0. The first-order valence-electron chi connectivity index (χ1n) is 6.55. The topological polar surface area (TPSA) is 116 Å². The molecule has 1 unspecified atom stereocenters. The standard InChI is InChI=1S/C13H19N5O2.HI/c14-12(19)11-4-3-9(6-16-11)7-17-13(15)18-8-10-2-1-5-20-10;/h3-4,6,10H,1-2,5,7-8H2,(H2,14,19)(H3,15,17,18);1H. The number of amides is 1. The van der Waals surface area contributed by atoms with E-state index in [1.54, 1.807) is 18.3 Å². The Bertz CT molecular complexity index is 486. The molecule has 5 N–H and O–H groups in total. The van der Waals surface area contributed by atoms with Gasteiger partial charge < -0.3 is 21.5 Å². The molecule has 8 heteroatoms. The molecule has 0 radical (unpaired) electrons. The van der Waals surface area contributed by atoms with Crippen molar-refractivity contribution in [3.63, 3.8) is 0 Å². The third-order valence-corrected chi connectivity index (χ3v) is 3.04. The number of halogens is 1. The van der Waals surface area contributed by atoms with Gasteiger partial charge in [0.15, 0.2) is 5.96 Å². The van der Waals surface area contributed by atoms with E-state index in [0.29, 0.717) is 19.0 Å². The molecule has 0 aromatic carbocycles. The van der Waals surface area contributed by atoms with Crippen LogP contribution < -0.4 is 16.8 Å². The number of aromatic nitrogens is 1. The van der Waals surface area contributed by atoms with Crippen LogP contribution in [-0.2, 0) is 11.3 Å². The molecule has 116 valence electrons. The van der Waals surface area contributed by atoms with Gasteiger partial charge >= 0.3 is 0 Å². The smallest absolute Gasteiger partial charge is 0.267 e. The lowest BCUT2D eigenvalue weighted by atomic mass is 10.2. The Balaban J connectivity index is 0.00000220. The van der Waals surface area contributed by atoms with Gasteiger partial charge in [0, 0.05) is 19.3 Å². The molecule has 0 spiro atoms. The minimum atomic E-state index is -0.544. The molecule has 1 aliphatic heterocycles. The van der Waals surface area contributed by atoms with Crippen LogP contribution in [0.25, 0.3) is 0 Å². The van der Waals surface area contributed by atoms with Crippen molar-refractivity contribution in [3.05, 3.63) is 29.6 Å². The molecule has 0 saturated carbocycles. The van der Waals surface area contributed by atoms with Crippen molar-refractivity contribution in [1.82, 2.24) is 10.3 Å². The molecular weight excluding hydrogens is 385 g/mol. The van der Waals surface area contributed by atoms with Crippen molar-refractivity contribution in [2.45, 2.75) is 25.5 Å². The summed E-state index contributed by atoms with van der Waals surface area (Å²) in [4.78, 5) is 19.0. The average Bonchev–Trinajstić information content (AvgIpc) is 2.96. The molecular formula is C13H20IN5O2. The number of nitrogens with two attached hydrogens (primary N) is 2. The number of carbonyl (C=O) groups excluding carboxylic acids is 1. The quantitative estimate of drug-likeness (QED) is 0.372. The van der Waals surface area contributed by atoms with Gasteiger partial charge in [-0.05, 0) is 24.5 Å². The fourth-order valence-electron chi connectivity index (χ4n) is 1.92. The summed E-state index contributed by atoms with van der Waals surface area (Å²) in [6, 6.07) is 3.33. The van der Waals surface area contributed by atoms with Crippen LogP contribution in [0.1, 0.15) is 28.9 Å². The van der Waals surface area contributed by atoms with E-state index in [9.17, 15) is 4.79 Å². The van der Waals surface area contributed by atoms with Crippen LogP contribution in [0.3, 0.4) is 0 Å². The molecule has 21 heavy (non-hydrogen) atoms. The first kappa shape index (κ1) is 17.6. The zero-order chi connectivity index (χ0) is 14.4. The lowest BCUT2D eigenvalue weighted by molar-refractivity contribution is 0.0995. The number of carbonyl (C=O) groups is 1. The maximum atomic E-state index is 10.9. The Kier molecular flexibility index (Phi) is 7.37. The molecule has 0 bridgehead atoms. The lowest BCUT2D eigenvalue weighted by Gasteiger charge is -2.11. The van der Waals surface area contributed by atoms with Gasteiger partial charge in [-0.1, -0.05) is 6.07 Å². The molecule has 1 saturated heterocycles. The molecule has 7 nitrogen and oxygen atoms in total. The molecule has 2 heterocycles. The van der Waals surface area contributed by atoms with Gasteiger partial charge in [-0.2, -0.15) is 0 Å². The fraction of sp³-hybridized carbons (Fsp3) is 0.462. The highest BCUT2D eigenvalue weighted by atomic mass is 127. The normalized spacial score (nSPS) is 18.1. The summed E-state index contributed by atoms with van der Waals surface area (Å²) in [5.41, 5.74) is 12.0. The van der Waals surface area contributed by atoms with Gasteiger partial charge in [0.05, 0.1) is 12.6 Å². The Morgan fingerprint density at radius 1 is 1.48 bits per heavy atom. The Morgan fingerprint density at radius 3 is 2.86 bits per heavy atom. The molecule has 1 aromatic heterocycles. The highest BCUT2D eigenvalue weighted by Gasteiger charge is 2.14. The fourth-order valence-corrected chi connectivity index (χ4v) is 1.92. The monoisotopic (exact) mass is 405 g/mol. The van der Waals surface area contributed by atoms with Crippen LogP contribution in [0.4, 0.5) is 0 Å². The number of pyridine rings is 1. The van der Waals surface area contributed by atoms with E-state index in [-0.39, 0.29) is 35.8 Å². The van der Waals surface area contributed by atoms with Crippen LogP contribution in [0.2, 0.25) is 0 Å². The van der Waals surface area contributed by atoms with Gasteiger partial charge in [0.1, 0.15) is 5.69 Å². The molecule has 1 aliphatic rings. The van der Waals surface area contributed by atoms with E-state index in [2.05, 4.69) is 15.3 Å². The number of nitrogens with one attached hydrogen (secondary N) is 1. The summed E-state index contributed by atoms with van der Waals surface area (Å²) in [7, 11) is 0. The third kappa shape index (κ3) is 5.84. The maximum Gasteiger partial charge on any atom is 0.267 e. The predicted octanol–water partition coefficient (Wildman–Crippen LogP) is 0.382. The Hall–Kier alpha value is -1.42. The van der Waals surface area contributed by atoms with Crippen LogP contribution in [0.15, 0.2) is 23.3 Å². The van der Waals surface area contributed by atoms with E-state index in [1.807, 2.05) is 0 Å². The lowest BCUT2D eigenvalue weighted by Crippen LogP contribution is -2.37. The predicted molar refractivity (Wildman–Crippen MR) is 90.5 cm³/mol. The Morgan fingerprint density at radius 2 is 2.29 bits per heavy atom. The summed E-state index contributed by atoms with van der Waals surface area (Å²) in [5, 5.41) is 3.03. The first-order valence-corrected chi connectivity index (χ1v) is 6.55. The van der Waals surface area contributed by atoms with E-state index in [0.717, 1.165) is 25.0 Å². The van der Waals surface area contributed by atoms with Crippen LogP contribution in [0.5, 0.6) is 0 Å². The summed E-state index contributed by atoms with van der Waals surface area (Å²) >= 11 is 0.